The van der Waals surface area contributed by atoms with E-state index in [2.05, 4.69) is 20.2 Å². The molecule has 4 rings (SSSR count). The second-order valence-corrected chi connectivity index (χ2v) is 7.50. The van der Waals surface area contributed by atoms with Crippen LogP contribution in [-0.4, -0.2) is 20.7 Å². The first kappa shape index (κ1) is 22.6. The molecule has 0 unspecified atom stereocenters. The SMILES string of the molecule is [C-]#[N+]C1=C(C)[C@@H](c2ccc(C#N)cc2)n2nc(NC(C)=O)nc2N1c1cccc(C(F)(F)F)c1. The first-order chi connectivity index (χ1) is 16.1. The number of nitriles is 1. The monoisotopic (exact) mass is 463 g/mol. The highest BCUT2D eigenvalue weighted by Crippen LogP contribution is 2.44. The van der Waals surface area contributed by atoms with Gasteiger partial charge in [-0.25, -0.2) is 4.90 Å². The minimum absolute atomic E-state index is 0.0582. The third kappa shape index (κ3) is 3.95. The molecule has 0 saturated carbocycles. The Kier molecular flexibility index (Phi) is 5.55. The molecular weight excluding hydrogens is 447 g/mol. The fourth-order valence-corrected chi connectivity index (χ4v) is 3.76. The smallest absolute Gasteiger partial charge is 0.364 e. The summed E-state index contributed by atoms with van der Waals surface area (Å²) >= 11 is 0. The number of carbonyl (C=O) groups is 1. The van der Waals surface area contributed by atoms with Crippen molar-refractivity contribution in [1.82, 2.24) is 14.8 Å². The van der Waals surface area contributed by atoms with Gasteiger partial charge in [0.1, 0.15) is 5.69 Å². The Morgan fingerprint density at radius 1 is 1.24 bits per heavy atom. The lowest BCUT2D eigenvalue weighted by atomic mass is 9.97. The lowest BCUT2D eigenvalue weighted by Gasteiger charge is -2.32. The molecule has 34 heavy (non-hydrogen) atoms. The average molecular weight is 463 g/mol. The number of carbonyl (C=O) groups excluding carboxylic acids is 1. The van der Waals surface area contributed by atoms with Crippen LogP contribution < -0.4 is 10.2 Å². The maximum atomic E-state index is 13.4. The average Bonchev–Trinajstić information content (AvgIpc) is 3.19. The van der Waals surface area contributed by atoms with Crippen molar-refractivity contribution < 1.29 is 18.0 Å². The summed E-state index contributed by atoms with van der Waals surface area (Å²) in [5.41, 5.74) is 0.816. The Morgan fingerprint density at radius 2 is 1.94 bits per heavy atom. The molecule has 1 aliphatic rings. The topological polar surface area (TPSA) is 91.2 Å². The van der Waals surface area contributed by atoms with E-state index in [1.165, 1.54) is 28.6 Å². The van der Waals surface area contributed by atoms with Gasteiger partial charge in [0, 0.05) is 6.92 Å². The van der Waals surface area contributed by atoms with E-state index in [1.807, 2.05) is 6.07 Å². The number of hydrogen-bond donors (Lipinski definition) is 1. The van der Waals surface area contributed by atoms with Gasteiger partial charge >= 0.3 is 12.1 Å². The number of anilines is 3. The van der Waals surface area contributed by atoms with Gasteiger partial charge < -0.3 is 4.85 Å². The van der Waals surface area contributed by atoms with E-state index in [9.17, 15) is 18.0 Å². The van der Waals surface area contributed by atoms with E-state index in [0.717, 1.165) is 12.1 Å². The van der Waals surface area contributed by atoms with Crippen molar-refractivity contribution in [1.29, 1.82) is 5.26 Å². The van der Waals surface area contributed by atoms with Crippen molar-refractivity contribution in [3.8, 4) is 6.07 Å². The first-order valence-electron chi connectivity index (χ1n) is 9.94. The highest BCUT2D eigenvalue weighted by atomic mass is 19.4. The van der Waals surface area contributed by atoms with Crippen LogP contribution >= 0.6 is 0 Å². The molecule has 0 aliphatic carbocycles. The van der Waals surface area contributed by atoms with Crippen LogP contribution in [-0.2, 0) is 11.0 Å². The summed E-state index contributed by atoms with van der Waals surface area (Å²) in [4.78, 5) is 20.8. The molecule has 8 nitrogen and oxygen atoms in total. The molecule has 11 heteroatoms. The van der Waals surface area contributed by atoms with Gasteiger partial charge in [-0.05, 0) is 48.4 Å². The summed E-state index contributed by atoms with van der Waals surface area (Å²) < 4.78 is 41.6. The maximum absolute atomic E-state index is 13.4. The van der Waals surface area contributed by atoms with Crippen molar-refractivity contribution in [3.05, 3.63) is 88.0 Å². The van der Waals surface area contributed by atoms with Crippen LogP contribution in [0, 0.1) is 17.9 Å². The number of halogens is 3. The van der Waals surface area contributed by atoms with E-state index in [-0.39, 0.29) is 23.4 Å². The Hall–Kier alpha value is -4.64. The van der Waals surface area contributed by atoms with Crippen LogP contribution in [0.4, 0.5) is 30.8 Å². The van der Waals surface area contributed by atoms with Gasteiger partial charge in [0.2, 0.25) is 11.7 Å². The van der Waals surface area contributed by atoms with Crippen LogP contribution in [0.25, 0.3) is 4.85 Å². The Morgan fingerprint density at radius 3 is 2.53 bits per heavy atom. The fourth-order valence-electron chi connectivity index (χ4n) is 3.76. The van der Waals surface area contributed by atoms with Gasteiger partial charge in [0.25, 0.3) is 5.95 Å². The van der Waals surface area contributed by atoms with Gasteiger partial charge in [-0.15, -0.1) is 5.10 Å². The van der Waals surface area contributed by atoms with Crippen LogP contribution in [0.2, 0.25) is 0 Å². The van der Waals surface area contributed by atoms with Crippen molar-refractivity contribution in [2.45, 2.75) is 26.1 Å². The number of hydrogen-bond acceptors (Lipinski definition) is 5. The zero-order chi connectivity index (χ0) is 24.6. The lowest BCUT2D eigenvalue weighted by molar-refractivity contribution is -0.137. The summed E-state index contributed by atoms with van der Waals surface area (Å²) in [6.07, 6.45) is -4.58. The number of nitrogens with zero attached hydrogens (tertiary/aromatic N) is 6. The molecular formula is C23H16F3N7O. The highest BCUT2D eigenvalue weighted by molar-refractivity contribution is 5.87. The number of fused-ring (bicyclic) bond motifs is 1. The molecule has 0 saturated heterocycles. The van der Waals surface area contributed by atoms with Gasteiger partial charge in [0.15, 0.2) is 0 Å². The second kappa shape index (κ2) is 8.37. The normalized spacial score (nSPS) is 15.4. The van der Waals surface area contributed by atoms with Gasteiger partial charge in [-0.2, -0.15) is 28.1 Å². The number of alkyl halides is 3. The number of benzene rings is 2. The molecule has 0 spiro atoms. The van der Waals surface area contributed by atoms with Crippen LogP contribution in [0.1, 0.15) is 36.6 Å². The number of allylic oxidation sites excluding steroid dienone is 1. The zero-order valence-electron chi connectivity index (χ0n) is 17.9. The van der Waals surface area contributed by atoms with E-state index in [0.29, 0.717) is 16.7 Å². The van der Waals surface area contributed by atoms with Crippen LogP contribution in [0.5, 0.6) is 0 Å². The zero-order valence-corrected chi connectivity index (χ0v) is 17.9. The quantitative estimate of drug-likeness (QED) is 0.551. The van der Waals surface area contributed by atoms with E-state index in [4.69, 9.17) is 11.8 Å². The summed E-state index contributed by atoms with van der Waals surface area (Å²) in [5, 5.41) is 15.9. The predicted molar refractivity (Wildman–Crippen MR) is 117 cm³/mol. The Bertz CT molecular complexity index is 1390. The summed E-state index contributed by atoms with van der Waals surface area (Å²) in [6, 6.07) is 12.6. The first-order valence-corrected chi connectivity index (χ1v) is 9.94. The molecule has 1 aliphatic heterocycles. The molecule has 1 N–H and O–H groups in total. The molecule has 0 bridgehead atoms. The molecule has 2 aromatic carbocycles. The van der Waals surface area contributed by atoms with Gasteiger partial charge in [-0.1, -0.05) is 24.8 Å². The number of aromatic nitrogens is 3. The fraction of sp³-hybridized carbons (Fsp3) is 0.174. The summed E-state index contributed by atoms with van der Waals surface area (Å²) in [5.74, 6) is -0.368. The van der Waals surface area contributed by atoms with Gasteiger partial charge in [-0.3, -0.25) is 10.1 Å². The van der Waals surface area contributed by atoms with Crippen molar-refractivity contribution in [2.24, 2.45) is 0 Å². The third-order valence-electron chi connectivity index (χ3n) is 5.21. The number of rotatable bonds is 3. The minimum atomic E-state index is -4.58. The van der Waals surface area contributed by atoms with Gasteiger partial charge in [0.05, 0.1) is 23.2 Å². The molecule has 3 aromatic rings. The van der Waals surface area contributed by atoms with E-state index >= 15 is 0 Å². The van der Waals surface area contributed by atoms with Crippen molar-refractivity contribution >= 4 is 23.5 Å². The molecule has 170 valence electrons. The Labute approximate surface area is 192 Å². The lowest BCUT2D eigenvalue weighted by Crippen LogP contribution is -2.30. The molecule has 2 heterocycles. The van der Waals surface area contributed by atoms with E-state index < -0.39 is 23.7 Å². The Balaban J connectivity index is 1.95. The third-order valence-corrected chi connectivity index (χ3v) is 5.21. The number of nitrogens with one attached hydrogen (secondary N) is 1. The molecule has 1 amide bonds. The van der Waals surface area contributed by atoms with Crippen molar-refractivity contribution in [2.75, 3.05) is 10.2 Å². The maximum Gasteiger partial charge on any atom is 0.416 e. The number of amides is 1. The van der Waals surface area contributed by atoms with Crippen LogP contribution in [0.3, 0.4) is 0 Å². The predicted octanol–water partition coefficient (Wildman–Crippen LogP) is 5.02. The van der Waals surface area contributed by atoms with Crippen molar-refractivity contribution in [3.63, 3.8) is 0 Å². The van der Waals surface area contributed by atoms with Crippen LogP contribution in [0.15, 0.2) is 59.9 Å². The summed E-state index contributed by atoms with van der Waals surface area (Å²) in [6.45, 7) is 10.7. The second-order valence-electron chi connectivity index (χ2n) is 7.50. The molecule has 0 radical (unpaired) electrons. The summed E-state index contributed by atoms with van der Waals surface area (Å²) in [7, 11) is 0. The molecule has 1 atom stereocenters. The highest BCUT2D eigenvalue weighted by Gasteiger charge is 2.39. The largest absolute Gasteiger partial charge is 0.416 e. The van der Waals surface area contributed by atoms with E-state index in [1.54, 1.807) is 31.2 Å². The standard InChI is InChI=1S/C23H16F3N7O/c1-13-19(16-9-7-15(12-27)8-10-16)33-22(30-21(31-33)29-14(2)34)32(20(13)28-3)18-6-4-5-17(11-18)23(24,25)26/h4-11,19H,1-2H3,(H,29,31,34)/t19-/m0/s1. The molecule has 1 aromatic heterocycles. The molecule has 0 fully saturated rings. The minimum Gasteiger partial charge on any atom is -0.364 e.